The summed E-state index contributed by atoms with van der Waals surface area (Å²) in [5.74, 6) is -1.25. The molecule has 17 heavy (non-hydrogen) atoms. The first kappa shape index (κ1) is 13.2. The number of esters is 2. The Morgan fingerprint density at radius 2 is 1.71 bits per heavy atom. The van der Waals surface area contributed by atoms with E-state index in [9.17, 15) is 9.59 Å². The molecule has 1 aliphatic rings. The molecule has 0 aliphatic heterocycles. The van der Waals surface area contributed by atoms with E-state index in [4.69, 9.17) is 9.47 Å². The van der Waals surface area contributed by atoms with Crippen LogP contribution in [0.1, 0.15) is 20.3 Å². The molecule has 0 heterocycles. The monoisotopic (exact) mass is 236 g/mol. The second-order valence-corrected chi connectivity index (χ2v) is 3.33. The zero-order chi connectivity index (χ0) is 12.7. The summed E-state index contributed by atoms with van der Waals surface area (Å²) in [6.07, 6.45) is 7.76. The largest absolute Gasteiger partial charge is 0.462 e. The summed E-state index contributed by atoms with van der Waals surface area (Å²) in [5.41, 5.74) is 0.624. The number of carbonyl (C=O) groups is 2. The van der Waals surface area contributed by atoms with Crippen LogP contribution in [0.3, 0.4) is 0 Å². The lowest BCUT2D eigenvalue weighted by Gasteiger charge is -2.11. The second kappa shape index (κ2) is 6.68. The van der Waals surface area contributed by atoms with E-state index in [1.807, 2.05) is 12.2 Å². The summed E-state index contributed by atoms with van der Waals surface area (Å²) in [4.78, 5) is 23.4. The van der Waals surface area contributed by atoms with Crippen LogP contribution in [0.25, 0.3) is 0 Å². The van der Waals surface area contributed by atoms with Gasteiger partial charge in [0.25, 0.3) is 0 Å². The highest BCUT2D eigenvalue weighted by molar-refractivity contribution is 6.15. The molecule has 0 atom stereocenters. The standard InChI is InChI=1S/C13H16O4/c1-3-16-12(14)11(13(15)17-4-2)10-8-6-5-7-9-10/h5-8H,3-4,9H2,1-2H3. The van der Waals surface area contributed by atoms with Crippen LogP contribution in [0.2, 0.25) is 0 Å². The Balaban J connectivity index is 3.01. The Morgan fingerprint density at radius 1 is 1.12 bits per heavy atom. The normalized spacial score (nSPS) is 13.4. The zero-order valence-electron chi connectivity index (χ0n) is 10.1. The molecule has 0 N–H and O–H groups in total. The van der Waals surface area contributed by atoms with Gasteiger partial charge in [-0.05, 0) is 25.8 Å². The van der Waals surface area contributed by atoms with Gasteiger partial charge in [0.2, 0.25) is 0 Å². The van der Waals surface area contributed by atoms with E-state index in [1.165, 1.54) is 0 Å². The van der Waals surface area contributed by atoms with Crippen LogP contribution < -0.4 is 0 Å². The van der Waals surface area contributed by atoms with Crippen LogP contribution in [-0.4, -0.2) is 25.2 Å². The molecule has 1 aliphatic carbocycles. The highest BCUT2D eigenvalue weighted by Gasteiger charge is 2.24. The van der Waals surface area contributed by atoms with Crippen molar-refractivity contribution in [2.24, 2.45) is 0 Å². The summed E-state index contributed by atoms with van der Waals surface area (Å²) in [6, 6.07) is 0. The fraction of sp³-hybridized carbons (Fsp3) is 0.385. The van der Waals surface area contributed by atoms with Crippen molar-refractivity contribution in [1.82, 2.24) is 0 Å². The first-order valence-corrected chi connectivity index (χ1v) is 5.61. The average Bonchev–Trinajstić information content (AvgIpc) is 2.31. The summed E-state index contributed by atoms with van der Waals surface area (Å²) in [5, 5.41) is 0. The maximum atomic E-state index is 11.7. The number of rotatable bonds is 4. The van der Waals surface area contributed by atoms with E-state index >= 15 is 0 Å². The molecule has 0 amide bonds. The number of ether oxygens (including phenoxy) is 2. The van der Waals surface area contributed by atoms with Gasteiger partial charge in [0.05, 0.1) is 13.2 Å². The third-order valence-electron chi connectivity index (χ3n) is 2.16. The first-order chi connectivity index (χ1) is 8.20. The molecule has 4 heteroatoms. The van der Waals surface area contributed by atoms with Crippen LogP contribution in [0, 0.1) is 0 Å². The van der Waals surface area contributed by atoms with Crippen molar-refractivity contribution >= 4 is 11.9 Å². The van der Waals surface area contributed by atoms with Gasteiger partial charge in [-0.2, -0.15) is 0 Å². The van der Waals surface area contributed by atoms with Crippen molar-refractivity contribution in [3.63, 3.8) is 0 Å². The van der Waals surface area contributed by atoms with Gasteiger partial charge in [0, 0.05) is 0 Å². The van der Waals surface area contributed by atoms with E-state index in [-0.39, 0.29) is 18.8 Å². The topological polar surface area (TPSA) is 52.6 Å². The van der Waals surface area contributed by atoms with Crippen molar-refractivity contribution < 1.29 is 19.1 Å². The van der Waals surface area contributed by atoms with E-state index < -0.39 is 11.9 Å². The van der Waals surface area contributed by atoms with Crippen LogP contribution in [-0.2, 0) is 19.1 Å². The van der Waals surface area contributed by atoms with Crippen LogP contribution in [0.4, 0.5) is 0 Å². The Hall–Kier alpha value is -1.84. The SMILES string of the molecule is CCOC(=O)C(C(=O)OCC)=C1C=CC=CC1. The van der Waals surface area contributed by atoms with Crippen molar-refractivity contribution in [1.29, 1.82) is 0 Å². The zero-order valence-corrected chi connectivity index (χ0v) is 10.1. The van der Waals surface area contributed by atoms with E-state index in [0.717, 1.165) is 0 Å². The molecule has 4 nitrogen and oxygen atoms in total. The average molecular weight is 236 g/mol. The third kappa shape index (κ3) is 3.59. The van der Waals surface area contributed by atoms with Gasteiger partial charge in [-0.3, -0.25) is 0 Å². The Labute approximate surface area is 101 Å². The quantitative estimate of drug-likeness (QED) is 0.324. The fourth-order valence-electron chi connectivity index (χ4n) is 1.45. The van der Waals surface area contributed by atoms with E-state index in [0.29, 0.717) is 12.0 Å². The maximum absolute atomic E-state index is 11.7. The van der Waals surface area contributed by atoms with Crippen LogP contribution >= 0.6 is 0 Å². The minimum atomic E-state index is -0.624. The van der Waals surface area contributed by atoms with E-state index in [1.54, 1.807) is 26.0 Å². The molecule has 0 aromatic heterocycles. The molecular weight excluding hydrogens is 220 g/mol. The molecule has 0 unspecified atom stereocenters. The molecule has 0 bridgehead atoms. The Morgan fingerprint density at radius 3 is 2.12 bits per heavy atom. The molecule has 0 saturated carbocycles. The summed E-state index contributed by atoms with van der Waals surface area (Å²) >= 11 is 0. The van der Waals surface area contributed by atoms with Crippen molar-refractivity contribution in [2.75, 3.05) is 13.2 Å². The Bertz CT molecular complexity index is 368. The minimum absolute atomic E-state index is 0.00528. The second-order valence-electron chi connectivity index (χ2n) is 3.33. The van der Waals surface area contributed by atoms with Gasteiger partial charge in [-0.15, -0.1) is 0 Å². The number of allylic oxidation sites excluding steroid dienone is 5. The summed E-state index contributed by atoms with van der Waals surface area (Å²) in [7, 11) is 0. The predicted octanol–water partition coefficient (Wildman–Crippen LogP) is 1.93. The third-order valence-corrected chi connectivity index (χ3v) is 2.16. The number of hydrogen-bond acceptors (Lipinski definition) is 4. The highest BCUT2D eigenvalue weighted by atomic mass is 16.6. The number of carbonyl (C=O) groups excluding carboxylic acids is 2. The lowest BCUT2D eigenvalue weighted by Crippen LogP contribution is -2.20. The molecule has 0 aromatic carbocycles. The lowest BCUT2D eigenvalue weighted by atomic mass is 10.0. The maximum Gasteiger partial charge on any atom is 0.345 e. The first-order valence-electron chi connectivity index (χ1n) is 5.61. The molecule has 0 aromatic rings. The molecule has 92 valence electrons. The van der Waals surface area contributed by atoms with Crippen LogP contribution in [0.15, 0.2) is 35.5 Å². The van der Waals surface area contributed by atoms with Crippen molar-refractivity contribution in [2.45, 2.75) is 20.3 Å². The minimum Gasteiger partial charge on any atom is -0.462 e. The van der Waals surface area contributed by atoms with Gasteiger partial charge in [-0.25, -0.2) is 9.59 Å². The lowest BCUT2D eigenvalue weighted by molar-refractivity contribution is -0.146. The van der Waals surface area contributed by atoms with Gasteiger partial charge < -0.3 is 9.47 Å². The molecule has 0 saturated heterocycles. The predicted molar refractivity (Wildman–Crippen MR) is 63.2 cm³/mol. The Kier molecular flexibility index (Phi) is 5.20. The van der Waals surface area contributed by atoms with Crippen molar-refractivity contribution in [3.05, 3.63) is 35.5 Å². The van der Waals surface area contributed by atoms with Gasteiger partial charge in [0.15, 0.2) is 0 Å². The van der Waals surface area contributed by atoms with Crippen molar-refractivity contribution in [3.8, 4) is 0 Å². The smallest absolute Gasteiger partial charge is 0.345 e. The molecule has 0 fully saturated rings. The number of hydrogen-bond donors (Lipinski definition) is 0. The van der Waals surface area contributed by atoms with Gasteiger partial charge >= 0.3 is 11.9 Å². The molecular formula is C13H16O4. The van der Waals surface area contributed by atoms with Gasteiger partial charge in [-0.1, -0.05) is 24.3 Å². The summed E-state index contributed by atoms with van der Waals surface area (Å²) in [6.45, 7) is 3.85. The van der Waals surface area contributed by atoms with E-state index in [2.05, 4.69) is 0 Å². The molecule has 0 radical (unpaired) electrons. The van der Waals surface area contributed by atoms with Crippen LogP contribution in [0.5, 0.6) is 0 Å². The fourth-order valence-corrected chi connectivity index (χ4v) is 1.45. The van der Waals surface area contributed by atoms with Gasteiger partial charge in [0.1, 0.15) is 5.57 Å². The summed E-state index contributed by atoms with van der Waals surface area (Å²) < 4.78 is 9.74. The molecule has 0 spiro atoms. The molecule has 1 rings (SSSR count). The highest BCUT2D eigenvalue weighted by Crippen LogP contribution is 2.18.